The van der Waals surface area contributed by atoms with Crippen LogP contribution < -0.4 is 5.73 Å². The van der Waals surface area contributed by atoms with Crippen LogP contribution in [0.2, 0.25) is 0 Å². The Morgan fingerprint density at radius 2 is 2.30 bits per heavy atom. The van der Waals surface area contributed by atoms with Gasteiger partial charge in [-0.1, -0.05) is 0 Å². The van der Waals surface area contributed by atoms with Crippen molar-refractivity contribution >= 4 is 5.97 Å². The topological polar surface area (TPSA) is 63.3 Å². The van der Waals surface area contributed by atoms with Gasteiger partial charge in [0, 0.05) is 6.42 Å². The summed E-state index contributed by atoms with van der Waals surface area (Å²) < 4.78 is 11.6. The van der Waals surface area contributed by atoms with Crippen molar-refractivity contribution in [2.45, 2.75) is 12.8 Å². The van der Waals surface area contributed by atoms with E-state index in [1.807, 2.05) is 0 Å². The predicted molar refractivity (Wildman–Crippen MR) is 35.4 cm³/mol. The van der Waals surface area contributed by atoms with Gasteiger partial charge in [0.1, 0.15) is 0 Å². The molecule has 1 atom stereocenters. The van der Waals surface area contributed by atoms with Gasteiger partial charge in [-0.3, -0.25) is 9.18 Å². The average molecular weight is 149 g/mol. The van der Waals surface area contributed by atoms with E-state index in [0.717, 1.165) is 0 Å². The molecule has 4 heteroatoms. The number of carbonyl (C=O) groups is 1. The molecule has 0 spiro atoms. The van der Waals surface area contributed by atoms with Crippen LogP contribution in [0.3, 0.4) is 0 Å². The van der Waals surface area contributed by atoms with Crippen LogP contribution in [0, 0.1) is 5.92 Å². The lowest BCUT2D eigenvalue weighted by Gasteiger charge is -2.07. The van der Waals surface area contributed by atoms with Gasteiger partial charge in [0.25, 0.3) is 0 Å². The van der Waals surface area contributed by atoms with E-state index in [2.05, 4.69) is 0 Å². The first kappa shape index (κ1) is 9.36. The van der Waals surface area contributed by atoms with E-state index < -0.39 is 12.6 Å². The molecule has 60 valence electrons. The summed E-state index contributed by atoms with van der Waals surface area (Å²) in [5, 5.41) is 8.26. The minimum Gasteiger partial charge on any atom is -0.481 e. The van der Waals surface area contributed by atoms with Crippen LogP contribution in [0.5, 0.6) is 0 Å². The van der Waals surface area contributed by atoms with E-state index >= 15 is 0 Å². The molecule has 0 heterocycles. The zero-order valence-electron chi connectivity index (χ0n) is 5.72. The van der Waals surface area contributed by atoms with E-state index in [4.69, 9.17) is 10.8 Å². The molecule has 0 saturated heterocycles. The molecule has 0 aliphatic heterocycles. The van der Waals surface area contributed by atoms with Gasteiger partial charge in [0.05, 0.1) is 6.67 Å². The zero-order chi connectivity index (χ0) is 7.98. The van der Waals surface area contributed by atoms with Crippen LogP contribution >= 0.6 is 0 Å². The molecule has 0 bridgehead atoms. The lowest BCUT2D eigenvalue weighted by molar-refractivity contribution is -0.138. The van der Waals surface area contributed by atoms with Crippen LogP contribution in [-0.4, -0.2) is 24.3 Å². The van der Waals surface area contributed by atoms with Crippen molar-refractivity contribution in [3.63, 3.8) is 0 Å². The Morgan fingerprint density at radius 1 is 1.70 bits per heavy atom. The number of nitrogens with two attached hydrogens (primary N) is 1. The quantitative estimate of drug-likeness (QED) is 0.594. The van der Waals surface area contributed by atoms with Crippen molar-refractivity contribution in [1.29, 1.82) is 0 Å². The summed E-state index contributed by atoms with van der Waals surface area (Å²) in [4.78, 5) is 10.1. The fourth-order valence-corrected chi connectivity index (χ4v) is 0.705. The molecule has 0 aromatic carbocycles. The maximum atomic E-state index is 11.6. The minimum atomic E-state index is -0.913. The van der Waals surface area contributed by atoms with E-state index in [9.17, 15) is 9.18 Å². The first-order valence-electron chi connectivity index (χ1n) is 3.18. The van der Waals surface area contributed by atoms with Gasteiger partial charge >= 0.3 is 5.97 Å². The van der Waals surface area contributed by atoms with E-state index in [1.165, 1.54) is 0 Å². The van der Waals surface area contributed by atoms with Crippen molar-refractivity contribution in [1.82, 2.24) is 0 Å². The highest BCUT2D eigenvalue weighted by molar-refractivity contribution is 5.67. The number of halogens is 1. The number of hydrogen-bond acceptors (Lipinski definition) is 2. The van der Waals surface area contributed by atoms with Crippen LogP contribution in [-0.2, 0) is 4.79 Å². The molecule has 3 N–H and O–H groups in total. The molecule has 10 heavy (non-hydrogen) atoms. The van der Waals surface area contributed by atoms with Crippen molar-refractivity contribution in [2.75, 3.05) is 13.2 Å². The van der Waals surface area contributed by atoms with Gasteiger partial charge in [-0.2, -0.15) is 0 Å². The molecular formula is C6H12FNO2. The second-order valence-electron chi connectivity index (χ2n) is 2.18. The Kier molecular flexibility index (Phi) is 4.84. The molecule has 0 amide bonds. The van der Waals surface area contributed by atoms with Crippen molar-refractivity contribution in [3.8, 4) is 0 Å². The zero-order valence-corrected chi connectivity index (χ0v) is 5.72. The number of alkyl halides is 1. The van der Waals surface area contributed by atoms with Gasteiger partial charge < -0.3 is 10.8 Å². The predicted octanol–water partition coefficient (Wildman–Crippen LogP) is 0.396. The Morgan fingerprint density at radius 3 is 2.60 bits per heavy atom. The SMILES string of the molecule is NCC(CCF)CC(=O)O. The number of rotatable bonds is 5. The summed E-state index contributed by atoms with van der Waals surface area (Å²) in [7, 11) is 0. The third-order valence-corrected chi connectivity index (χ3v) is 1.31. The minimum absolute atomic E-state index is 0.0274. The normalized spacial score (nSPS) is 13.0. The molecule has 0 aliphatic rings. The molecule has 0 radical (unpaired) electrons. The van der Waals surface area contributed by atoms with Gasteiger partial charge in [-0.05, 0) is 18.9 Å². The van der Waals surface area contributed by atoms with E-state index in [0.29, 0.717) is 0 Å². The molecule has 3 nitrogen and oxygen atoms in total. The maximum absolute atomic E-state index is 11.6. The molecular weight excluding hydrogens is 137 g/mol. The molecule has 1 unspecified atom stereocenters. The summed E-state index contributed by atoms with van der Waals surface area (Å²) in [5.74, 6) is -1.12. The Labute approximate surface area is 59.0 Å². The standard InChI is InChI=1S/C6H12FNO2/c7-2-1-5(4-8)3-6(9)10/h5H,1-4,8H2,(H,9,10). The molecule has 0 rings (SSSR count). The number of carboxylic acid groups (broad SMARTS) is 1. The highest BCUT2D eigenvalue weighted by Crippen LogP contribution is 2.06. The van der Waals surface area contributed by atoms with Gasteiger partial charge in [-0.25, -0.2) is 0 Å². The van der Waals surface area contributed by atoms with Crippen LogP contribution in [0.25, 0.3) is 0 Å². The summed E-state index contributed by atoms with van der Waals surface area (Å²) in [6.07, 6.45) is 0.225. The fraction of sp³-hybridized carbons (Fsp3) is 0.833. The Hall–Kier alpha value is -0.640. The van der Waals surface area contributed by atoms with Gasteiger partial charge in [-0.15, -0.1) is 0 Å². The Bertz CT molecular complexity index is 108. The maximum Gasteiger partial charge on any atom is 0.303 e. The van der Waals surface area contributed by atoms with Gasteiger partial charge in [0.15, 0.2) is 0 Å². The second kappa shape index (κ2) is 5.17. The number of aliphatic carboxylic acids is 1. The molecule has 0 aliphatic carbocycles. The lowest BCUT2D eigenvalue weighted by Crippen LogP contribution is -2.18. The van der Waals surface area contributed by atoms with Crippen LogP contribution in [0.15, 0.2) is 0 Å². The monoisotopic (exact) mass is 149 g/mol. The van der Waals surface area contributed by atoms with Gasteiger partial charge in [0.2, 0.25) is 0 Å². The number of hydrogen-bond donors (Lipinski definition) is 2. The molecule has 0 aromatic heterocycles. The van der Waals surface area contributed by atoms with Crippen molar-refractivity contribution < 1.29 is 14.3 Å². The highest BCUT2D eigenvalue weighted by atomic mass is 19.1. The largest absolute Gasteiger partial charge is 0.481 e. The smallest absolute Gasteiger partial charge is 0.303 e. The van der Waals surface area contributed by atoms with E-state index in [1.54, 1.807) is 0 Å². The van der Waals surface area contributed by atoms with Crippen molar-refractivity contribution in [3.05, 3.63) is 0 Å². The highest BCUT2D eigenvalue weighted by Gasteiger charge is 2.10. The van der Waals surface area contributed by atoms with Crippen molar-refractivity contribution in [2.24, 2.45) is 11.7 Å². The molecule has 0 aromatic rings. The van der Waals surface area contributed by atoms with E-state index in [-0.39, 0.29) is 25.3 Å². The number of carboxylic acids is 1. The lowest BCUT2D eigenvalue weighted by atomic mass is 10.0. The molecule has 0 saturated carbocycles. The summed E-state index contributed by atoms with van der Waals surface area (Å²) in [5.41, 5.74) is 5.18. The summed E-state index contributed by atoms with van der Waals surface area (Å²) >= 11 is 0. The van der Waals surface area contributed by atoms with Crippen LogP contribution in [0.1, 0.15) is 12.8 Å². The third kappa shape index (κ3) is 4.26. The first-order valence-corrected chi connectivity index (χ1v) is 3.18. The summed E-state index contributed by atoms with van der Waals surface area (Å²) in [6.45, 7) is -0.245. The first-order chi connectivity index (χ1) is 4.70. The summed E-state index contributed by atoms with van der Waals surface area (Å²) in [6, 6.07) is 0. The Balaban J connectivity index is 3.49. The average Bonchev–Trinajstić information content (AvgIpc) is 1.86. The second-order valence-corrected chi connectivity index (χ2v) is 2.18. The fourth-order valence-electron chi connectivity index (χ4n) is 0.705. The molecule has 0 fully saturated rings. The third-order valence-electron chi connectivity index (χ3n) is 1.31. The van der Waals surface area contributed by atoms with Crippen LogP contribution in [0.4, 0.5) is 4.39 Å².